The average molecular weight is 183 g/mol. The third kappa shape index (κ3) is 2.15. The molecule has 0 spiro atoms. The number of allylic oxidation sites excluding steroid dienone is 1. The highest BCUT2D eigenvalue weighted by Gasteiger charge is 2.30. The van der Waals surface area contributed by atoms with Crippen LogP contribution in [0, 0.1) is 5.92 Å². The molecule has 0 bridgehead atoms. The molecule has 0 saturated heterocycles. The molecule has 13 heavy (non-hydrogen) atoms. The summed E-state index contributed by atoms with van der Waals surface area (Å²) >= 11 is 0. The molecule has 0 heterocycles. The topological polar surface area (TPSA) is 80.4 Å². The zero-order chi connectivity index (χ0) is 9.84. The standard InChI is InChI=1S/C9H13NO3/c10-9(13)7(4-5-11)6-2-1-3-8(6)12/h4-6,8,12H,1-3H2,(H2,10,13). The van der Waals surface area contributed by atoms with E-state index in [4.69, 9.17) is 5.73 Å². The van der Waals surface area contributed by atoms with Gasteiger partial charge in [0.2, 0.25) is 5.91 Å². The first-order chi connectivity index (χ1) is 6.16. The maximum atomic E-state index is 10.9. The Morgan fingerprint density at radius 1 is 1.46 bits per heavy atom. The van der Waals surface area contributed by atoms with Gasteiger partial charge in [-0.05, 0) is 18.9 Å². The fourth-order valence-electron chi connectivity index (χ4n) is 1.77. The molecule has 0 aliphatic heterocycles. The van der Waals surface area contributed by atoms with Crippen LogP contribution in [0.1, 0.15) is 19.3 Å². The first kappa shape index (κ1) is 9.92. The maximum Gasteiger partial charge on any atom is 0.245 e. The van der Waals surface area contributed by atoms with Crippen molar-refractivity contribution in [2.45, 2.75) is 25.4 Å². The maximum absolute atomic E-state index is 10.9. The molecule has 2 unspecified atom stereocenters. The van der Waals surface area contributed by atoms with Crippen LogP contribution >= 0.6 is 0 Å². The monoisotopic (exact) mass is 183 g/mol. The minimum atomic E-state index is -0.613. The lowest BCUT2D eigenvalue weighted by molar-refractivity contribution is -0.115. The predicted molar refractivity (Wildman–Crippen MR) is 46.7 cm³/mol. The van der Waals surface area contributed by atoms with Crippen molar-refractivity contribution in [3.05, 3.63) is 11.6 Å². The van der Waals surface area contributed by atoms with Gasteiger partial charge in [-0.15, -0.1) is 0 Å². The minimum Gasteiger partial charge on any atom is -0.392 e. The van der Waals surface area contributed by atoms with Crippen molar-refractivity contribution < 1.29 is 14.7 Å². The third-order valence-corrected chi connectivity index (χ3v) is 2.41. The van der Waals surface area contributed by atoms with Gasteiger partial charge in [-0.2, -0.15) is 0 Å². The number of carbonyl (C=O) groups excluding carboxylic acids is 2. The number of nitrogens with two attached hydrogens (primary N) is 1. The van der Waals surface area contributed by atoms with Crippen molar-refractivity contribution in [1.29, 1.82) is 0 Å². The Balaban J connectivity index is 2.81. The van der Waals surface area contributed by atoms with Crippen molar-refractivity contribution in [2.24, 2.45) is 11.7 Å². The summed E-state index contributed by atoms with van der Waals surface area (Å²) in [4.78, 5) is 21.1. The molecule has 3 N–H and O–H groups in total. The first-order valence-corrected chi connectivity index (χ1v) is 4.30. The van der Waals surface area contributed by atoms with Crippen LogP contribution in [-0.4, -0.2) is 23.4 Å². The number of rotatable bonds is 3. The summed E-state index contributed by atoms with van der Waals surface area (Å²) in [6.45, 7) is 0. The van der Waals surface area contributed by atoms with E-state index < -0.39 is 12.0 Å². The number of primary amides is 1. The van der Waals surface area contributed by atoms with Crippen LogP contribution in [0.2, 0.25) is 0 Å². The number of hydrogen-bond acceptors (Lipinski definition) is 3. The third-order valence-electron chi connectivity index (χ3n) is 2.41. The highest BCUT2D eigenvalue weighted by atomic mass is 16.3. The van der Waals surface area contributed by atoms with Crippen LogP contribution in [0.25, 0.3) is 0 Å². The molecule has 4 nitrogen and oxygen atoms in total. The quantitative estimate of drug-likeness (QED) is 0.468. The molecule has 4 heteroatoms. The average Bonchev–Trinajstić information content (AvgIpc) is 2.47. The van der Waals surface area contributed by atoms with E-state index in [-0.39, 0.29) is 11.5 Å². The molecule has 1 aliphatic carbocycles. The van der Waals surface area contributed by atoms with E-state index in [1.807, 2.05) is 0 Å². The summed E-state index contributed by atoms with van der Waals surface area (Å²) < 4.78 is 0. The van der Waals surface area contributed by atoms with Gasteiger partial charge in [0.05, 0.1) is 6.10 Å². The Labute approximate surface area is 76.4 Å². The highest BCUT2D eigenvalue weighted by molar-refractivity contribution is 5.96. The molecule has 0 aromatic heterocycles. The normalized spacial score (nSPS) is 28.8. The van der Waals surface area contributed by atoms with Gasteiger partial charge in [-0.1, -0.05) is 6.42 Å². The van der Waals surface area contributed by atoms with Crippen LogP contribution in [0.15, 0.2) is 11.6 Å². The molecular weight excluding hydrogens is 170 g/mol. The van der Waals surface area contributed by atoms with Gasteiger partial charge in [0.1, 0.15) is 6.29 Å². The lowest BCUT2D eigenvalue weighted by atomic mass is 9.95. The van der Waals surface area contributed by atoms with Gasteiger partial charge in [0, 0.05) is 11.5 Å². The molecule has 1 saturated carbocycles. The minimum absolute atomic E-state index is 0.248. The molecule has 0 aromatic carbocycles. The van der Waals surface area contributed by atoms with Crippen molar-refractivity contribution in [3.8, 4) is 0 Å². The summed E-state index contributed by atoms with van der Waals surface area (Å²) in [7, 11) is 0. The molecular formula is C9H13NO3. The van der Waals surface area contributed by atoms with Crippen LogP contribution in [0.5, 0.6) is 0 Å². The second-order valence-electron chi connectivity index (χ2n) is 3.23. The lowest BCUT2D eigenvalue weighted by Gasteiger charge is -2.14. The molecule has 1 rings (SSSR count). The number of hydrogen-bond donors (Lipinski definition) is 2. The second kappa shape index (κ2) is 4.18. The van der Waals surface area contributed by atoms with E-state index in [9.17, 15) is 14.7 Å². The molecule has 1 aliphatic rings. The van der Waals surface area contributed by atoms with Crippen LogP contribution in [0.4, 0.5) is 0 Å². The van der Waals surface area contributed by atoms with Gasteiger partial charge < -0.3 is 10.8 Å². The number of aliphatic hydroxyl groups excluding tert-OH is 1. The Morgan fingerprint density at radius 2 is 2.15 bits per heavy atom. The van der Waals surface area contributed by atoms with E-state index in [1.54, 1.807) is 0 Å². The lowest BCUT2D eigenvalue weighted by Crippen LogP contribution is -2.25. The molecule has 0 radical (unpaired) electrons. The zero-order valence-corrected chi connectivity index (χ0v) is 7.27. The SMILES string of the molecule is NC(=O)C(=CC=O)C1CCCC1O. The van der Waals surface area contributed by atoms with Gasteiger partial charge in [-0.3, -0.25) is 9.59 Å². The Bertz CT molecular complexity index is 247. The summed E-state index contributed by atoms with van der Waals surface area (Å²) in [5.41, 5.74) is 5.34. The molecule has 72 valence electrons. The first-order valence-electron chi connectivity index (χ1n) is 4.30. The van der Waals surface area contributed by atoms with Gasteiger partial charge >= 0.3 is 0 Å². The molecule has 0 aromatic rings. The van der Waals surface area contributed by atoms with E-state index in [0.29, 0.717) is 12.7 Å². The number of aldehydes is 1. The van der Waals surface area contributed by atoms with E-state index >= 15 is 0 Å². The van der Waals surface area contributed by atoms with Crippen molar-refractivity contribution >= 4 is 12.2 Å². The summed E-state index contributed by atoms with van der Waals surface area (Å²) in [5.74, 6) is -0.860. The molecule has 2 atom stereocenters. The summed E-state index contributed by atoms with van der Waals surface area (Å²) in [6.07, 6.45) is 3.43. The fourth-order valence-corrected chi connectivity index (χ4v) is 1.77. The smallest absolute Gasteiger partial charge is 0.245 e. The van der Waals surface area contributed by atoms with Crippen LogP contribution in [0.3, 0.4) is 0 Å². The van der Waals surface area contributed by atoms with Crippen molar-refractivity contribution in [2.75, 3.05) is 0 Å². The Hall–Kier alpha value is -1.16. The van der Waals surface area contributed by atoms with E-state index in [0.717, 1.165) is 18.9 Å². The Kier molecular flexibility index (Phi) is 3.19. The predicted octanol–water partition coefficient (Wildman–Crippen LogP) is -0.242. The number of amides is 1. The van der Waals surface area contributed by atoms with Crippen LogP contribution < -0.4 is 5.73 Å². The fraction of sp³-hybridized carbons (Fsp3) is 0.556. The van der Waals surface area contributed by atoms with E-state index in [1.165, 1.54) is 0 Å². The van der Waals surface area contributed by atoms with Gasteiger partial charge in [0.15, 0.2) is 0 Å². The summed E-state index contributed by atoms with van der Waals surface area (Å²) in [6, 6.07) is 0. The van der Waals surface area contributed by atoms with Gasteiger partial charge in [-0.25, -0.2) is 0 Å². The number of aliphatic hydroxyl groups is 1. The summed E-state index contributed by atoms with van der Waals surface area (Å²) in [5, 5.41) is 9.47. The molecule has 1 amide bonds. The zero-order valence-electron chi connectivity index (χ0n) is 7.27. The van der Waals surface area contributed by atoms with Gasteiger partial charge in [0.25, 0.3) is 0 Å². The highest BCUT2D eigenvalue weighted by Crippen LogP contribution is 2.31. The second-order valence-corrected chi connectivity index (χ2v) is 3.23. The van der Waals surface area contributed by atoms with E-state index in [2.05, 4.69) is 0 Å². The Morgan fingerprint density at radius 3 is 2.54 bits per heavy atom. The van der Waals surface area contributed by atoms with Crippen molar-refractivity contribution in [3.63, 3.8) is 0 Å². The molecule has 1 fully saturated rings. The van der Waals surface area contributed by atoms with Crippen LogP contribution in [-0.2, 0) is 9.59 Å². The largest absolute Gasteiger partial charge is 0.392 e. The van der Waals surface area contributed by atoms with Crippen molar-refractivity contribution in [1.82, 2.24) is 0 Å². The number of carbonyl (C=O) groups is 2.